The normalized spacial score (nSPS) is 17.6. The van der Waals surface area contributed by atoms with Crippen LogP contribution in [0.2, 0.25) is 0 Å². The minimum atomic E-state index is -0.650. The number of carbonyl (C=O) groups excluding carboxylic acids is 1. The van der Waals surface area contributed by atoms with Crippen LogP contribution in [0, 0.1) is 18.3 Å². The second kappa shape index (κ2) is 7.21. The van der Waals surface area contributed by atoms with Crippen LogP contribution in [0.4, 0.5) is 0 Å². The first-order valence-corrected chi connectivity index (χ1v) is 7.67. The van der Waals surface area contributed by atoms with Crippen molar-refractivity contribution in [3.8, 4) is 6.07 Å². The van der Waals surface area contributed by atoms with E-state index < -0.39 is 11.9 Å². The number of nitrogens with zero attached hydrogens (tertiary/aromatic N) is 1. The number of nitriles is 1. The van der Waals surface area contributed by atoms with Gasteiger partial charge in [0.25, 0.3) is 0 Å². The number of halogens is 1. The van der Waals surface area contributed by atoms with Crippen molar-refractivity contribution >= 4 is 17.6 Å². The molecule has 120 valence electrons. The Kier molecular flexibility index (Phi) is 5.30. The van der Waals surface area contributed by atoms with Crippen LogP contribution in [0.3, 0.4) is 0 Å². The molecule has 1 atom stereocenters. The van der Waals surface area contributed by atoms with E-state index in [9.17, 15) is 10.1 Å². The molecule has 1 heterocycles. The number of carbonyl (C=O) groups is 1. The van der Waals surface area contributed by atoms with Crippen LogP contribution >= 0.6 is 11.6 Å². The van der Waals surface area contributed by atoms with Crippen LogP contribution in [0.25, 0.3) is 0 Å². The second-order valence-electron chi connectivity index (χ2n) is 4.97. The van der Waals surface area contributed by atoms with E-state index in [4.69, 9.17) is 26.8 Å². The summed E-state index contributed by atoms with van der Waals surface area (Å²) in [6.07, 6.45) is 0. The number of allylic oxidation sites excluding steroid dienone is 2. The van der Waals surface area contributed by atoms with Crippen LogP contribution in [-0.4, -0.2) is 18.5 Å². The molecule has 0 fully saturated rings. The molecule has 1 aliphatic heterocycles. The van der Waals surface area contributed by atoms with E-state index in [-0.39, 0.29) is 35.3 Å². The predicted molar refractivity (Wildman–Crippen MR) is 86.2 cm³/mol. The molecule has 0 saturated heterocycles. The number of nitrogens with two attached hydrogens (primary N) is 1. The van der Waals surface area contributed by atoms with E-state index in [0.29, 0.717) is 0 Å². The monoisotopic (exact) mass is 332 g/mol. The quantitative estimate of drug-likeness (QED) is 0.677. The lowest BCUT2D eigenvalue weighted by Crippen LogP contribution is -2.27. The molecule has 1 aliphatic rings. The van der Waals surface area contributed by atoms with E-state index in [1.54, 1.807) is 6.92 Å². The van der Waals surface area contributed by atoms with Crippen molar-refractivity contribution in [2.75, 3.05) is 12.5 Å². The zero-order valence-corrected chi connectivity index (χ0v) is 13.7. The molecular formula is C17H17ClN2O3. The van der Waals surface area contributed by atoms with Crippen molar-refractivity contribution in [1.29, 1.82) is 5.26 Å². The Hall–Kier alpha value is -2.45. The minimum absolute atomic E-state index is 0.0375. The minimum Gasteiger partial charge on any atom is -0.463 e. The van der Waals surface area contributed by atoms with Crippen LogP contribution in [0.5, 0.6) is 0 Å². The topological polar surface area (TPSA) is 85.3 Å². The molecule has 0 amide bonds. The number of alkyl halides is 1. The Balaban J connectivity index is 2.69. The van der Waals surface area contributed by atoms with Gasteiger partial charge in [-0.1, -0.05) is 24.3 Å². The Morgan fingerprint density at radius 1 is 1.48 bits per heavy atom. The zero-order valence-electron chi connectivity index (χ0n) is 12.9. The van der Waals surface area contributed by atoms with Gasteiger partial charge in [0.2, 0.25) is 5.88 Å². The molecule has 1 aromatic carbocycles. The Morgan fingerprint density at radius 2 is 2.17 bits per heavy atom. The van der Waals surface area contributed by atoms with E-state index in [0.717, 1.165) is 11.1 Å². The highest BCUT2D eigenvalue weighted by molar-refractivity contribution is 6.19. The molecular weight excluding hydrogens is 316 g/mol. The van der Waals surface area contributed by atoms with Crippen molar-refractivity contribution in [2.45, 2.75) is 19.8 Å². The van der Waals surface area contributed by atoms with Crippen molar-refractivity contribution in [2.24, 2.45) is 5.73 Å². The highest BCUT2D eigenvalue weighted by Crippen LogP contribution is 2.40. The van der Waals surface area contributed by atoms with Gasteiger partial charge in [-0.2, -0.15) is 5.26 Å². The number of hydrogen-bond acceptors (Lipinski definition) is 5. The predicted octanol–water partition coefficient (Wildman–Crippen LogP) is 2.86. The first kappa shape index (κ1) is 16.9. The lowest BCUT2D eigenvalue weighted by molar-refractivity contribution is -0.139. The molecule has 0 saturated carbocycles. The Morgan fingerprint density at radius 3 is 2.74 bits per heavy atom. The van der Waals surface area contributed by atoms with Gasteiger partial charge in [-0.15, -0.1) is 11.6 Å². The number of aryl methyl sites for hydroxylation is 1. The van der Waals surface area contributed by atoms with Gasteiger partial charge in [-0.25, -0.2) is 4.79 Å². The molecule has 5 nitrogen and oxygen atoms in total. The average molecular weight is 333 g/mol. The van der Waals surface area contributed by atoms with E-state index in [2.05, 4.69) is 0 Å². The fourth-order valence-corrected chi connectivity index (χ4v) is 2.77. The summed E-state index contributed by atoms with van der Waals surface area (Å²) in [7, 11) is 0. The molecule has 2 rings (SSSR count). The van der Waals surface area contributed by atoms with Crippen LogP contribution in [-0.2, 0) is 14.3 Å². The highest BCUT2D eigenvalue weighted by Gasteiger charge is 2.37. The largest absolute Gasteiger partial charge is 0.463 e. The average Bonchev–Trinajstić information content (AvgIpc) is 2.54. The summed E-state index contributed by atoms with van der Waals surface area (Å²) in [5.41, 5.74) is 7.98. The number of hydrogen-bond donors (Lipinski definition) is 1. The van der Waals surface area contributed by atoms with Crippen molar-refractivity contribution in [3.05, 3.63) is 58.2 Å². The van der Waals surface area contributed by atoms with Gasteiger partial charge in [-0.3, -0.25) is 0 Å². The van der Waals surface area contributed by atoms with E-state index >= 15 is 0 Å². The summed E-state index contributed by atoms with van der Waals surface area (Å²) < 4.78 is 10.5. The van der Waals surface area contributed by atoms with E-state index in [1.807, 2.05) is 37.3 Å². The summed E-state index contributed by atoms with van der Waals surface area (Å²) in [5.74, 6) is -1.07. The maximum absolute atomic E-state index is 12.4. The highest BCUT2D eigenvalue weighted by atomic mass is 35.5. The lowest BCUT2D eigenvalue weighted by atomic mass is 9.81. The van der Waals surface area contributed by atoms with Gasteiger partial charge >= 0.3 is 5.97 Å². The molecule has 6 heteroatoms. The molecule has 0 bridgehead atoms. The number of benzene rings is 1. The smallest absolute Gasteiger partial charge is 0.338 e. The molecule has 0 aromatic heterocycles. The fourth-order valence-electron chi connectivity index (χ4n) is 2.57. The molecule has 0 radical (unpaired) electrons. The van der Waals surface area contributed by atoms with Gasteiger partial charge in [0, 0.05) is 0 Å². The SMILES string of the molecule is CCOC(=O)C1=C(CCl)OC(N)=C(C#N)C1c1ccccc1C. The number of esters is 1. The molecule has 0 spiro atoms. The van der Waals surface area contributed by atoms with Gasteiger partial charge in [-0.05, 0) is 25.0 Å². The number of rotatable bonds is 4. The summed E-state index contributed by atoms with van der Waals surface area (Å²) in [6.45, 7) is 3.82. The maximum Gasteiger partial charge on any atom is 0.338 e. The second-order valence-corrected chi connectivity index (χ2v) is 5.24. The Labute approximate surface area is 139 Å². The van der Waals surface area contributed by atoms with Crippen molar-refractivity contribution < 1.29 is 14.3 Å². The van der Waals surface area contributed by atoms with Crippen LogP contribution < -0.4 is 5.73 Å². The number of ether oxygens (including phenoxy) is 2. The van der Waals surface area contributed by atoms with Crippen molar-refractivity contribution in [1.82, 2.24) is 0 Å². The summed E-state index contributed by atoms with van der Waals surface area (Å²) in [5, 5.41) is 9.50. The maximum atomic E-state index is 12.4. The fraction of sp³-hybridized carbons (Fsp3) is 0.294. The Bertz CT molecular complexity index is 732. The first-order chi connectivity index (χ1) is 11.0. The van der Waals surface area contributed by atoms with Gasteiger partial charge in [0.15, 0.2) is 0 Å². The molecule has 2 N–H and O–H groups in total. The summed E-state index contributed by atoms with van der Waals surface area (Å²) in [4.78, 5) is 12.4. The van der Waals surface area contributed by atoms with Gasteiger partial charge in [0.05, 0.1) is 24.0 Å². The first-order valence-electron chi connectivity index (χ1n) is 7.14. The molecule has 1 unspecified atom stereocenters. The molecule has 1 aromatic rings. The van der Waals surface area contributed by atoms with Gasteiger partial charge < -0.3 is 15.2 Å². The summed E-state index contributed by atoms with van der Waals surface area (Å²) in [6, 6.07) is 9.52. The van der Waals surface area contributed by atoms with Crippen LogP contribution in [0.15, 0.2) is 47.1 Å². The van der Waals surface area contributed by atoms with Crippen molar-refractivity contribution in [3.63, 3.8) is 0 Å². The van der Waals surface area contributed by atoms with E-state index in [1.165, 1.54) is 0 Å². The summed E-state index contributed by atoms with van der Waals surface area (Å²) >= 11 is 5.92. The lowest BCUT2D eigenvalue weighted by Gasteiger charge is -2.28. The van der Waals surface area contributed by atoms with Crippen LogP contribution in [0.1, 0.15) is 24.0 Å². The third kappa shape index (κ3) is 3.17. The third-order valence-corrected chi connectivity index (χ3v) is 3.86. The molecule has 23 heavy (non-hydrogen) atoms. The van der Waals surface area contributed by atoms with Gasteiger partial charge in [0.1, 0.15) is 17.4 Å². The third-order valence-electron chi connectivity index (χ3n) is 3.61. The standard InChI is InChI=1S/C17H17ClN2O3/c1-3-22-17(21)15-13(8-18)23-16(20)12(9-19)14(15)11-7-5-4-6-10(11)2/h4-7,14H,3,8,20H2,1-2H3. The molecule has 0 aliphatic carbocycles. The zero-order chi connectivity index (χ0) is 17.0.